The van der Waals surface area contributed by atoms with E-state index in [-0.39, 0.29) is 12.2 Å². The first-order valence-corrected chi connectivity index (χ1v) is 4.44. The molecule has 0 saturated heterocycles. The van der Waals surface area contributed by atoms with E-state index in [1.165, 1.54) is 14.0 Å². The highest BCUT2D eigenvalue weighted by molar-refractivity contribution is 5.96. The number of carboxylic acids is 1. The minimum Gasteiger partial charge on any atom is -0.497 e. The van der Waals surface area contributed by atoms with Crippen LogP contribution in [0, 0.1) is 0 Å². The molecule has 15 heavy (non-hydrogen) atoms. The Labute approximate surface area is 87.5 Å². The lowest BCUT2D eigenvalue weighted by atomic mass is 10.0. The molecule has 0 atom stereocenters. The van der Waals surface area contributed by atoms with Crippen molar-refractivity contribution in [3.63, 3.8) is 0 Å². The molecular weight excluding hydrogens is 196 g/mol. The number of methoxy groups -OCH3 is 1. The molecule has 0 spiro atoms. The molecular formula is C11H12O4. The molecule has 0 radical (unpaired) electrons. The predicted molar refractivity (Wildman–Crippen MR) is 54.3 cm³/mol. The summed E-state index contributed by atoms with van der Waals surface area (Å²) in [6.07, 6.45) is -0.174. The molecule has 0 aliphatic rings. The number of carbonyl (C=O) groups excluding carboxylic acids is 1. The average molecular weight is 208 g/mol. The van der Waals surface area contributed by atoms with Crippen LogP contribution in [-0.4, -0.2) is 24.0 Å². The van der Waals surface area contributed by atoms with Gasteiger partial charge in [-0.25, -0.2) is 0 Å². The van der Waals surface area contributed by atoms with Gasteiger partial charge in [-0.05, 0) is 30.7 Å². The quantitative estimate of drug-likeness (QED) is 0.762. The third-order valence-corrected chi connectivity index (χ3v) is 2.03. The highest BCUT2D eigenvalue weighted by Gasteiger charge is 2.11. The van der Waals surface area contributed by atoms with Crippen molar-refractivity contribution < 1.29 is 19.4 Å². The smallest absolute Gasteiger partial charge is 0.307 e. The number of carbonyl (C=O) groups is 2. The van der Waals surface area contributed by atoms with Gasteiger partial charge in [0, 0.05) is 5.56 Å². The highest BCUT2D eigenvalue weighted by Crippen LogP contribution is 2.18. The van der Waals surface area contributed by atoms with Gasteiger partial charge >= 0.3 is 5.97 Å². The van der Waals surface area contributed by atoms with E-state index >= 15 is 0 Å². The number of benzene rings is 1. The van der Waals surface area contributed by atoms with Crippen LogP contribution in [0.5, 0.6) is 5.75 Å². The normalized spacial score (nSPS) is 9.73. The van der Waals surface area contributed by atoms with Gasteiger partial charge in [-0.15, -0.1) is 0 Å². The second-order valence-electron chi connectivity index (χ2n) is 3.15. The number of ether oxygens (including phenoxy) is 1. The van der Waals surface area contributed by atoms with E-state index in [9.17, 15) is 9.59 Å². The van der Waals surface area contributed by atoms with Crippen LogP contribution in [-0.2, 0) is 11.2 Å². The maximum atomic E-state index is 11.2. The zero-order valence-electron chi connectivity index (χ0n) is 8.61. The van der Waals surface area contributed by atoms with E-state index in [4.69, 9.17) is 9.84 Å². The molecule has 0 unspecified atom stereocenters. The van der Waals surface area contributed by atoms with E-state index in [2.05, 4.69) is 0 Å². The molecule has 1 N–H and O–H groups in total. The lowest BCUT2D eigenvalue weighted by molar-refractivity contribution is -0.136. The van der Waals surface area contributed by atoms with E-state index in [0.717, 1.165) is 0 Å². The fraction of sp³-hybridized carbons (Fsp3) is 0.273. The van der Waals surface area contributed by atoms with Crippen molar-refractivity contribution in [1.82, 2.24) is 0 Å². The van der Waals surface area contributed by atoms with Crippen LogP contribution in [0.2, 0.25) is 0 Å². The number of hydrogen-bond acceptors (Lipinski definition) is 3. The van der Waals surface area contributed by atoms with Gasteiger partial charge in [-0.2, -0.15) is 0 Å². The Balaban J connectivity index is 3.16. The van der Waals surface area contributed by atoms with Crippen LogP contribution < -0.4 is 4.74 Å². The summed E-state index contributed by atoms with van der Waals surface area (Å²) in [4.78, 5) is 21.8. The molecule has 4 nitrogen and oxygen atoms in total. The van der Waals surface area contributed by atoms with Gasteiger partial charge in [-0.3, -0.25) is 9.59 Å². The fourth-order valence-electron chi connectivity index (χ4n) is 1.35. The number of aliphatic carboxylic acids is 1. The molecule has 1 rings (SSSR count). The third-order valence-electron chi connectivity index (χ3n) is 2.03. The maximum absolute atomic E-state index is 11.2. The lowest BCUT2D eigenvalue weighted by Gasteiger charge is -2.07. The number of ketones is 1. The molecule has 0 fully saturated rings. The zero-order chi connectivity index (χ0) is 11.4. The molecule has 0 amide bonds. The largest absolute Gasteiger partial charge is 0.497 e. The lowest BCUT2D eigenvalue weighted by Crippen LogP contribution is -2.06. The number of carboxylic acid groups (broad SMARTS) is 1. The van der Waals surface area contributed by atoms with Crippen LogP contribution in [0.15, 0.2) is 18.2 Å². The van der Waals surface area contributed by atoms with Crippen molar-refractivity contribution in [2.75, 3.05) is 7.11 Å². The molecule has 80 valence electrons. The Morgan fingerprint density at radius 2 is 2.07 bits per heavy atom. The van der Waals surface area contributed by atoms with Crippen molar-refractivity contribution in [3.05, 3.63) is 29.3 Å². The van der Waals surface area contributed by atoms with Crippen molar-refractivity contribution >= 4 is 11.8 Å². The molecule has 0 heterocycles. The average Bonchev–Trinajstić information content (AvgIpc) is 2.16. The number of hydrogen-bond donors (Lipinski definition) is 1. The van der Waals surface area contributed by atoms with E-state index in [1.54, 1.807) is 18.2 Å². The van der Waals surface area contributed by atoms with Gasteiger partial charge in [0.25, 0.3) is 0 Å². The van der Waals surface area contributed by atoms with Crippen LogP contribution in [0.25, 0.3) is 0 Å². The summed E-state index contributed by atoms with van der Waals surface area (Å²) in [5.74, 6) is -0.559. The molecule has 0 bridgehead atoms. The summed E-state index contributed by atoms with van der Waals surface area (Å²) in [6, 6.07) is 4.80. The van der Waals surface area contributed by atoms with Gasteiger partial charge < -0.3 is 9.84 Å². The molecule has 0 aliphatic carbocycles. The SMILES string of the molecule is COc1ccc(C(C)=O)c(CC(=O)O)c1. The Bertz CT molecular complexity index is 396. The monoisotopic (exact) mass is 208 g/mol. The van der Waals surface area contributed by atoms with Crippen LogP contribution >= 0.6 is 0 Å². The topological polar surface area (TPSA) is 63.6 Å². The van der Waals surface area contributed by atoms with Gasteiger partial charge in [0.05, 0.1) is 13.5 Å². The second kappa shape index (κ2) is 4.59. The minimum atomic E-state index is -0.967. The van der Waals surface area contributed by atoms with Crippen molar-refractivity contribution in [1.29, 1.82) is 0 Å². The summed E-state index contributed by atoms with van der Waals surface area (Å²) >= 11 is 0. The zero-order valence-corrected chi connectivity index (χ0v) is 8.61. The maximum Gasteiger partial charge on any atom is 0.307 e. The number of Topliss-reactive ketones (excluding diaryl/α,β-unsaturated/α-hetero) is 1. The minimum absolute atomic E-state index is 0.145. The molecule has 4 heteroatoms. The van der Waals surface area contributed by atoms with Crippen molar-refractivity contribution in [2.24, 2.45) is 0 Å². The summed E-state index contributed by atoms with van der Waals surface area (Å²) in [5.41, 5.74) is 0.910. The van der Waals surface area contributed by atoms with Crippen LogP contribution in [0.1, 0.15) is 22.8 Å². The Kier molecular flexibility index (Phi) is 3.44. The fourth-order valence-corrected chi connectivity index (χ4v) is 1.35. The predicted octanol–water partition coefficient (Wildman–Crippen LogP) is 1.52. The van der Waals surface area contributed by atoms with Gasteiger partial charge in [0.1, 0.15) is 5.75 Å². The molecule has 0 saturated carbocycles. The summed E-state index contributed by atoms with van der Waals surface area (Å²) in [6.45, 7) is 1.41. The molecule has 1 aromatic rings. The standard InChI is InChI=1S/C11H12O4/c1-7(12)10-4-3-9(15-2)5-8(10)6-11(13)14/h3-5H,6H2,1-2H3,(H,13,14). The van der Waals surface area contributed by atoms with E-state index < -0.39 is 5.97 Å². The summed E-state index contributed by atoms with van der Waals surface area (Å²) in [5, 5.41) is 8.68. The van der Waals surface area contributed by atoms with Crippen molar-refractivity contribution in [3.8, 4) is 5.75 Å². The Morgan fingerprint density at radius 1 is 1.40 bits per heavy atom. The van der Waals surface area contributed by atoms with Crippen molar-refractivity contribution in [2.45, 2.75) is 13.3 Å². The first-order chi connectivity index (χ1) is 7.04. The summed E-state index contributed by atoms with van der Waals surface area (Å²) < 4.78 is 4.97. The number of rotatable bonds is 4. The first-order valence-electron chi connectivity index (χ1n) is 4.44. The van der Waals surface area contributed by atoms with Crippen LogP contribution in [0.3, 0.4) is 0 Å². The van der Waals surface area contributed by atoms with Crippen LogP contribution in [0.4, 0.5) is 0 Å². The third kappa shape index (κ3) is 2.80. The van der Waals surface area contributed by atoms with E-state index in [1.807, 2.05) is 0 Å². The second-order valence-corrected chi connectivity index (χ2v) is 3.15. The van der Waals surface area contributed by atoms with Gasteiger partial charge in [0.2, 0.25) is 0 Å². The molecule has 0 aliphatic heterocycles. The first kappa shape index (κ1) is 11.2. The summed E-state index contributed by atoms with van der Waals surface area (Å²) in [7, 11) is 1.49. The van der Waals surface area contributed by atoms with Gasteiger partial charge in [0.15, 0.2) is 5.78 Å². The molecule has 1 aromatic carbocycles. The van der Waals surface area contributed by atoms with Gasteiger partial charge in [-0.1, -0.05) is 0 Å². The Hall–Kier alpha value is -1.84. The highest BCUT2D eigenvalue weighted by atomic mass is 16.5. The van der Waals surface area contributed by atoms with E-state index in [0.29, 0.717) is 16.9 Å². The molecule has 0 aromatic heterocycles. The Morgan fingerprint density at radius 3 is 2.53 bits per heavy atom.